The molecule has 0 amide bonds. The normalized spacial score (nSPS) is 48.7. The van der Waals surface area contributed by atoms with E-state index >= 15 is 0 Å². The van der Waals surface area contributed by atoms with Gasteiger partial charge >= 0.3 is 0 Å². The van der Waals surface area contributed by atoms with Gasteiger partial charge < -0.3 is 14.3 Å². The summed E-state index contributed by atoms with van der Waals surface area (Å²) in [6.07, 6.45) is 5.04. The smallest absolute Gasteiger partial charge is 0.166 e. The summed E-state index contributed by atoms with van der Waals surface area (Å²) in [5.41, 5.74) is -0.711. The van der Waals surface area contributed by atoms with Gasteiger partial charge in [0.15, 0.2) is 5.78 Å². The average molecular weight is 278 g/mol. The SMILES string of the molecule is COC12C(=O)CCC1(C=O)C2C1(C)OC1CC=C(C)C. The molecule has 0 N–H and O–H groups in total. The molecule has 2 aliphatic carbocycles. The molecule has 3 rings (SSSR count). The van der Waals surface area contributed by atoms with Gasteiger partial charge in [0.05, 0.1) is 17.1 Å². The number of carbonyl (C=O) groups is 2. The van der Waals surface area contributed by atoms with E-state index in [1.54, 1.807) is 0 Å². The summed E-state index contributed by atoms with van der Waals surface area (Å²) in [6.45, 7) is 6.12. The third kappa shape index (κ3) is 1.39. The predicted molar refractivity (Wildman–Crippen MR) is 73.3 cm³/mol. The van der Waals surface area contributed by atoms with E-state index in [0.717, 1.165) is 12.7 Å². The molecule has 3 fully saturated rings. The first kappa shape index (κ1) is 14.0. The maximum Gasteiger partial charge on any atom is 0.166 e. The van der Waals surface area contributed by atoms with Crippen LogP contribution in [-0.2, 0) is 19.1 Å². The maximum atomic E-state index is 12.2. The highest BCUT2D eigenvalue weighted by atomic mass is 16.6. The Bertz CT molecular complexity index is 507. The van der Waals surface area contributed by atoms with E-state index in [4.69, 9.17) is 9.47 Å². The first-order chi connectivity index (χ1) is 9.39. The van der Waals surface area contributed by atoms with Gasteiger partial charge in [-0.2, -0.15) is 0 Å². The summed E-state index contributed by atoms with van der Waals surface area (Å²) in [7, 11) is 1.54. The standard InChI is InChI=1S/C16H22O4/c1-10(2)5-6-12-14(3,20-12)13-15(9-17)8-7-11(18)16(13,15)19-4/h5,9,12-13H,6-8H2,1-4H3. The molecule has 0 aromatic rings. The Morgan fingerprint density at radius 2 is 2.20 bits per heavy atom. The zero-order valence-electron chi connectivity index (χ0n) is 12.6. The van der Waals surface area contributed by atoms with Crippen LogP contribution in [-0.4, -0.2) is 36.5 Å². The lowest BCUT2D eigenvalue weighted by molar-refractivity contribution is -0.132. The lowest BCUT2D eigenvalue weighted by atomic mass is 9.89. The van der Waals surface area contributed by atoms with Crippen LogP contribution in [0.15, 0.2) is 11.6 Å². The van der Waals surface area contributed by atoms with E-state index in [2.05, 4.69) is 19.9 Å². The van der Waals surface area contributed by atoms with Gasteiger partial charge in [0, 0.05) is 19.4 Å². The molecule has 0 aromatic heterocycles. The van der Waals surface area contributed by atoms with Gasteiger partial charge in [0.1, 0.15) is 11.9 Å². The van der Waals surface area contributed by atoms with Gasteiger partial charge in [0.2, 0.25) is 0 Å². The van der Waals surface area contributed by atoms with Crippen molar-refractivity contribution in [1.29, 1.82) is 0 Å². The van der Waals surface area contributed by atoms with Crippen molar-refractivity contribution < 1.29 is 19.1 Å². The van der Waals surface area contributed by atoms with E-state index < -0.39 is 16.6 Å². The minimum Gasteiger partial charge on any atom is -0.369 e. The van der Waals surface area contributed by atoms with Crippen LogP contribution in [0.3, 0.4) is 0 Å². The maximum absolute atomic E-state index is 12.2. The predicted octanol–water partition coefficient (Wildman–Crippen LogP) is 2.06. The van der Waals surface area contributed by atoms with Gasteiger partial charge in [-0.25, -0.2) is 0 Å². The first-order valence-electron chi connectivity index (χ1n) is 7.25. The van der Waals surface area contributed by atoms with E-state index in [-0.39, 0.29) is 17.8 Å². The summed E-state index contributed by atoms with van der Waals surface area (Å²) in [6, 6.07) is 0. The zero-order chi connectivity index (χ0) is 14.8. The number of epoxide rings is 1. The third-order valence-corrected chi connectivity index (χ3v) is 5.53. The number of hydrogen-bond donors (Lipinski definition) is 0. The molecular formula is C16H22O4. The molecule has 5 unspecified atom stereocenters. The molecule has 0 spiro atoms. The fourth-order valence-corrected chi connectivity index (χ4v) is 4.49. The summed E-state index contributed by atoms with van der Waals surface area (Å²) in [4.78, 5) is 23.9. The van der Waals surface area contributed by atoms with E-state index in [9.17, 15) is 9.59 Å². The molecule has 4 nitrogen and oxygen atoms in total. The number of fused-ring (bicyclic) bond motifs is 1. The van der Waals surface area contributed by atoms with E-state index in [0.29, 0.717) is 12.8 Å². The lowest BCUT2D eigenvalue weighted by Gasteiger charge is -2.14. The Kier molecular flexibility index (Phi) is 2.80. The highest BCUT2D eigenvalue weighted by Crippen LogP contribution is 2.77. The molecule has 1 saturated heterocycles. The second kappa shape index (κ2) is 4.01. The van der Waals surface area contributed by atoms with Crippen molar-refractivity contribution in [3.63, 3.8) is 0 Å². The number of Topliss-reactive ketones (excluding diaryl/α,β-unsaturated/α-hetero) is 1. The van der Waals surface area contributed by atoms with Crippen LogP contribution in [0.25, 0.3) is 0 Å². The number of rotatable bonds is 5. The second-order valence-corrected chi connectivity index (χ2v) is 6.76. The summed E-state index contributed by atoms with van der Waals surface area (Å²) in [5, 5.41) is 0. The molecule has 4 heteroatoms. The summed E-state index contributed by atoms with van der Waals surface area (Å²) in [5.74, 6) is -0.0587. The minimum atomic E-state index is -0.913. The Morgan fingerprint density at radius 3 is 2.70 bits per heavy atom. The number of ketones is 1. The monoisotopic (exact) mass is 278 g/mol. The number of methoxy groups -OCH3 is 1. The molecule has 3 aliphatic rings. The Balaban J connectivity index is 1.85. The number of hydrogen-bond acceptors (Lipinski definition) is 4. The van der Waals surface area contributed by atoms with Crippen molar-refractivity contribution in [3.8, 4) is 0 Å². The number of ether oxygens (including phenoxy) is 2. The Hall–Kier alpha value is -1.00. The molecule has 1 heterocycles. The van der Waals surface area contributed by atoms with Gasteiger partial charge in [0.25, 0.3) is 0 Å². The molecular weight excluding hydrogens is 256 g/mol. The van der Waals surface area contributed by atoms with Crippen molar-refractivity contribution in [2.24, 2.45) is 11.3 Å². The van der Waals surface area contributed by atoms with Crippen LogP contribution in [0.2, 0.25) is 0 Å². The number of aldehydes is 1. The first-order valence-corrected chi connectivity index (χ1v) is 7.25. The molecule has 0 radical (unpaired) electrons. The van der Waals surface area contributed by atoms with Gasteiger partial charge in [-0.05, 0) is 33.6 Å². The van der Waals surface area contributed by atoms with Crippen molar-refractivity contribution in [2.75, 3.05) is 7.11 Å². The summed E-state index contributed by atoms with van der Waals surface area (Å²) < 4.78 is 11.4. The van der Waals surface area contributed by atoms with Crippen molar-refractivity contribution in [3.05, 3.63) is 11.6 Å². The molecule has 1 aliphatic heterocycles. The molecule has 110 valence electrons. The quantitative estimate of drug-likeness (QED) is 0.439. The molecule has 0 aromatic carbocycles. The van der Waals surface area contributed by atoms with Crippen molar-refractivity contribution in [1.82, 2.24) is 0 Å². The topological polar surface area (TPSA) is 55.9 Å². The average Bonchev–Trinajstić information content (AvgIpc) is 3.22. The van der Waals surface area contributed by atoms with Crippen LogP contribution in [0.5, 0.6) is 0 Å². The summed E-state index contributed by atoms with van der Waals surface area (Å²) >= 11 is 0. The van der Waals surface area contributed by atoms with Gasteiger partial charge in [-0.1, -0.05) is 11.6 Å². The van der Waals surface area contributed by atoms with Crippen LogP contribution in [0.4, 0.5) is 0 Å². The minimum absolute atomic E-state index is 0.0646. The fourth-order valence-electron chi connectivity index (χ4n) is 4.49. The van der Waals surface area contributed by atoms with E-state index in [1.165, 1.54) is 12.7 Å². The van der Waals surface area contributed by atoms with Crippen LogP contribution < -0.4 is 0 Å². The zero-order valence-corrected chi connectivity index (χ0v) is 12.6. The van der Waals surface area contributed by atoms with E-state index in [1.807, 2.05) is 6.92 Å². The lowest BCUT2D eigenvalue weighted by Crippen LogP contribution is -2.31. The van der Waals surface area contributed by atoms with Crippen LogP contribution in [0.1, 0.15) is 40.0 Å². The van der Waals surface area contributed by atoms with Gasteiger partial charge in [-0.3, -0.25) is 4.79 Å². The number of carbonyl (C=O) groups excluding carboxylic acids is 2. The molecule has 20 heavy (non-hydrogen) atoms. The molecule has 0 bridgehead atoms. The Labute approximate surface area is 119 Å². The second-order valence-electron chi connectivity index (χ2n) is 6.76. The molecule has 5 atom stereocenters. The molecule has 2 saturated carbocycles. The fraction of sp³-hybridized carbons (Fsp3) is 0.750. The van der Waals surface area contributed by atoms with Crippen LogP contribution >= 0.6 is 0 Å². The van der Waals surface area contributed by atoms with Crippen molar-refractivity contribution in [2.45, 2.75) is 57.3 Å². The van der Waals surface area contributed by atoms with Crippen molar-refractivity contribution >= 4 is 12.1 Å². The highest BCUT2D eigenvalue weighted by Gasteiger charge is 2.91. The van der Waals surface area contributed by atoms with Crippen LogP contribution in [0, 0.1) is 11.3 Å². The highest BCUT2D eigenvalue weighted by molar-refractivity contribution is 6.02. The largest absolute Gasteiger partial charge is 0.369 e. The number of allylic oxidation sites excluding steroid dienone is 1. The third-order valence-electron chi connectivity index (χ3n) is 5.53. The Morgan fingerprint density at radius 1 is 1.50 bits per heavy atom. The van der Waals surface area contributed by atoms with Gasteiger partial charge in [-0.15, -0.1) is 0 Å².